The van der Waals surface area contributed by atoms with Crippen molar-refractivity contribution in [1.29, 1.82) is 0 Å². The maximum atomic E-state index is 2.40. The molecule has 0 radical (unpaired) electrons. The fourth-order valence-corrected chi connectivity index (χ4v) is 1.74. The molecule has 1 aromatic carbocycles. The first kappa shape index (κ1) is 15.2. The van der Waals surface area contributed by atoms with Crippen molar-refractivity contribution in [2.24, 2.45) is 0 Å². The highest BCUT2D eigenvalue weighted by molar-refractivity contribution is 5.36. The van der Waals surface area contributed by atoms with Crippen LogP contribution in [0.15, 0.2) is 18.2 Å². The zero-order valence-electron chi connectivity index (χ0n) is 11.9. The normalized spacial score (nSPS) is 13.1. The van der Waals surface area contributed by atoms with Crippen molar-refractivity contribution in [3.05, 3.63) is 34.9 Å². The van der Waals surface area contributed by atoms with E-state index in [0.717, 1.165) is 5.92 Å². The van der Waals surface area contributed by atoms with Gasteiger partial charge in [0.2, 0.25) is 0 Å². The van der Waals surface area contributed by atoms with Gasteiger partial charge in [0.15, 0.2) is 0 Å². The molecule has 0 N–H and O–H groups in total. The molecule has 1 aromatic rings. The summed E-state index contributed by atoms with van der Waals surface area (Å²) in [4.78, 5) is 0. The zero-order valence-corrected chi connectivity index (χ0v) is 11.9. The largest absolute Gasteiger partial charge is 0.0683 e. The van der Waals surface area contributed by atoms with Crippen molar-refractivity contribution >= 4 is 0 Å². The first-order valence-electron chi connectivity index (χ1n) is 6.90. The average molecular weight is 220 g/mol. The van der Waals surface area contributed by atoms with Crippen molar-refractivity contribution in [2.75, 3.05) is 0 Å². The standard InChI is InChI=1S/C12H16.2C2H6/c1-3-10-5-4-9(2)12(8-10)11-6-7-11;2*1-2/h4-5,8,11H,3,6-7H2,1-2H3;2*1-2H3. The minimum absolute atomic E-state index is 0.900. The third-order valence-corrected chi connectivity index (χ3v) is 2.77. The summed E-state index contributed by atoms with van der Waals surface area (Å²) in [5, 5.41) is 0. The minimum atomic E-state index is 0.900. The Morgan fingerprint density at radius 3 is 2.06 bits per heavy atom. The van der Waals surface area contributed by atoms with Gasteiger partial charge in [-0.25, -0.2) is 0 Å². The van der Waals surface area contributed by atoms with E-state index in [2.05, 4.69) is 32.0 Å². The van der Waals surface area contributed by atoms with Crippen molar-refractivity contribution in [1.82, 2.24) is 0 Å². The highest BCUT2D eigenvalue weighted by Gasteiger charge is 2.24. The number of aryl methyl sites for hydroxylation is 2. The first-order chi connectivity index (χ1) is 7.81. The molecule has 0 nitrogen and oxygen atoms in total. The highest BCUT2D eigenvalue weighted by atomic mass is 14.3. The molecule has 0 aromatic heterocycles. The Hall–Kier alpha value is -0.780. The molecule has 0 atom stereocenters. The van der Waals surface area contributed by atoms with Crippen LogP contribution in [0.2, 0.25) is 0 Å². The van der Waals surface area contributed by atoms with Gasteiger partial charge in [0.1, 0.15) is 0 Å². The van der Waals surface area contributed by atoms with Gasteiger partial charge < -0.3 is 0 Å². The average Bonchev–Trinajstić information content (AvgIpc) is 3.19. The molecule has 1 aliphatic rings. The molecule has 1 fully saturated rings. The second kappa shape index (κ2) is 8.38. The highest BCUT2D eigenvalue weighted by Crippen LogP contribution is 2.41. The van der Waals surface area contributed by atoms with Crippen LogP contribution >= 0.6 is 0 Å². The monoisotopic (exact) mass is 220 g/mol. The summed E-state index contributed by atoms with van der Waals surface area (Å²) >= 11 is 0. The molecule has 0 unspecified atom stereocenters. The van der Waals surface area contributed by atoms with Gasteiger partial charge in [0.25, 0.3) is 0 Å². The van der Waals surface area contributed by atoms with Crippen LogP contribution in [0.1, 0.15) is 70.1 Å². The molecule has 0 aliphatic heterocycles. The second-order valence-electron chi connectivity index (χ2n) is 3.82. The van der Waals surface area contributed by atoms with E-state index >= 15 is 0 Å². The number of hydrogen-bond acceptors (Lipinski definition) is 0. The van der Waals surface area contributed by atoms with E-state index < -0.39 is 0 Å². The van der Waals surface area contributed by atoms with Gasteiger partial charge in [0.05, 0.1) is 0 Å². The van der Waals surface area contributed by atoms with Crippen molar-refractivity contribution in [2.45, 2.75) is 66.7 Å². The third-order valence-electron chi connectivity index (χ3n) is 2.77. The Bertz CT molecular complexity index is 282. The first-order valence-corrected chi connectivity index (χ1v) is 6.90. The Morgan fingerprint density at radius 1 is 1.06 bits per heavy atom. The Kier molecular flexibility index (Phi) is 7.97. The van der Waals surface area contributed by atoms with Crippen LogP contribution < -0.4 is 0 Å². The SMILES string of the molecule is CC.CC.CCc1ccc(C)c(C2CC2)c1. The smallest absolute Gasteiger partial charge is 0.0159 e. The van der Waals surface area contributed by atoms with Crippen LogP contribution in [0.25, 0.3) is 0 Å². The maximum absolute atomic E-state index is 2.40. The molecule has 2 rings (SSSR count). The molecular weight excluding hydrogens is 192 g/mol. The van der Waals surface area contributed by atoms with Crippen molar-refractivity contribution in [3.63, 3.8) is 0 Å². The van der Waals surface area contributed by atoms with E-state index in [-0.39, 0.29) is 0 Å². The Morgan fingerprint density at radius 2 is 1.62 bits per heavy atom. The molecule has 0 spiro atoms. The van der Waals surface area contributed by atoms with Gasteiger partial charge in [-0.05, 0) is 48.8 Å². The summed E-state index contributed by atoms with van der Waals surface area (Å²) in [5.41, 5.74) is 4.58. The Labute approximate surface area is 102 Å². The van der Waals surface area contributed by atoms with Gasteiger partial charge in [-0.2, -0.15) is 0 Å². The summed E-state index contributed by atoms with van der Waals surface area (Å²) in [6.07, 6.45) is 3.99. The van der Waals surface area contributed by atoms with Crippen LogP contribution in [-0.2, 0) is 6.42 Å². The van der Waals surface area contributed by atoms with Crippen LogP contribution in [0.5, 0.6) is 0 Å². The van der Waals surface area contributed by atoms with E-state index in [4.69, 9.17) is 0 Å². The Balaban J connectivity index is 0.000000509. The van der Waals surface area contributed by atoms with Gasteiger partial charge in [0, 0.05) is 0 Å². The summed E-state index contributed by atoms with van der Waals surface area (Å²) in [6, 6.07) is 6.92. The van der Waals surface area contributed by atoms with E-state index in [1.807, 2.05) is 27.7 Å². The van der Waals surface area contributed by atoms with Crippen LogP contribution in [0, 0.1) is 6.92 Å². The lowest BCUT2D eigenvalue weighted by molar-refractivity contribution is 1.06. The molecule has 1 saturated carbocycles. The molecule has 1 aliphatic carbocycles. The minimum Gasteiger partial charge on any atom is -0.0683 e. The van der Waals surface area contributed by atoms with E-state index in [9.17, 15) is 0 Å². The lowest BCUT2D eigenvalue weighted by Crippen LogP contribution is -1.88. The molecule has 0 heterocycles. The van der Waals surface area contributed by atoms with Crippen LogP contribution in [0.3, 0.4) is 0 Å². The molecule has 92 valence electrons. The number of hydrogen-bond donors (Lipinski definition) is 0. The third kappa shape index (κ3) is 4.38. The van der Waals surface area contributed by atoms with E-state index in [1.54, 1.807) is 5.56 Å². The van der Waals surface area contributed by atoms with Gasteiger partial charge in [-0.3, -0.25) is 0 Å². The quantitative estimate of drug-likeness (QED) is 0.618. The topological polar surface area (TPSA) is 0 Å². The van der Waals surface area contributed by atoms with Gasteiger partial charge in [-0.1, -0.05) is 52.8 Å². The molecule has 0 saturated heterocycles. The van der Waals surface area contributed by atoms with Gasteiger partial charge >= 0.3 is 0 Å². The van der Waals surface area contributed by atoms with Crippen LogP contribution in [-0.4, -0.2) is 0 Å². The van der Waals surface area contributed by atoms with Gasteiger partial charge in [-0.15, -0.1) is 0 Å². The predicted octanol–water partition coefficient (Wildman–Crippen LogP) is 5.49. The second-order valence-corrected chi connectivity index (χ2v) is 3.82. The zero-order chi connectivity index (χ0) is 12.6. The van der Waals surface area contributed by atoms with Crippen LogP contribution in [0.4, 0.5) is 0 Å². The lowest BCUT2D eigenvalue weighted by atomic mass is 10.0. The summed E-state index contributed by atoms with van der Waals surface area (Å²) in [7, 11) is 0. The molecule has 0 amide bonds. The molecule has 16 heavy (non-hydrogen) atoms. The predicted molar refractivity (Wildman–Crippen MR) is 75.2 cm³/mol. The summed E-state index contributed by atoms with van der Waals surface area (Å²) in [6.45, 7) is 12.5. The summed E-state index contributed by atoms with van der Waals surface area (Å²) < 4.78 is 0. The fourth-order valence-electron chi connectivity index (χ4n) is 1.74. The molecule has 0 bridgehead atoms. The summed E-state index contributed by atoms with van der Waals surface area (Å²) in [5.74, 6) is 0.900. The van der Waals surface area contributed by atoms with Crippen molar-refractivity contribution < 1.29 is 0 Å². The number of benzene rings is 1. The number of rotatable bonds is 2. The fraction of sp³-hybridized carbons (Fsp3) is 0.625. The van der Waals surface area contributed by atoms with Crippen molar-refractivity contribution in [3.8, 4) is 0 Å². The molecule has 0 heteroatoms. The van der Waals surface area contributed by atoms with E-state index in [0.29, 0.717) is 0 Å². The lowest BCUT2D eigenvalue weighted by Gasteiger charge is -2.05. The molecular formula is C16H28. The maximum Gasteiger partial charge on any atom is -0.0159 e. The van der Waals surface area contributed by atoms with E-state index in [1.165, 1.54) is 30.4 Å².